The molecule has 0 bridgehead atoms. The molecule has 70 heavy (non-hydrogen) atoms. The van der Waals surface area contributed by atoms with E-state index in [1.54, 1.807) is 0 Å². The molecule has 3 saturated heterocycles. The molecule has 0 spiro atoms. The molecule has 26 nitrogen and oxygen atoms in total. The molecule has 26 heteroatoms. The third-order valence-corrected chi connectivity index (χ3v) is 11.5. The number of ether oxygens (including phenoxy) is 9. The molecular weight excluding hydrogens is 944 g/mol. The monoisotopic (exact) mass is 994 g/mol. The first-order valence-corrected chi connectivity index (χ1v) is 21.1. The van der Waals surface area contributed by atoms with Gasteiger partial charge in [0.15, 0.2) is 28.8 Å². The Morgan fingerprint density at radius 2 is 1.13 bits per heavy atom. The summed E-state index contributed by atoms with van der Waals surface area (Å²) < 4.78 is 55.8. The van der Waals surface area contributed by atoms with Gasteiger partial charge in [-0.1, -0.05) is 0 Å². The zero-order valence-electron chi connectivity index (χ0n) is 36.6. The molecule has 0 unspecified atom stereocenters. The number of aliphatic hydroxyl groups excluding tert-OH is 11. The Kier molecular flexibility index (Phi) is 15.9. The smallest absolute Gasteiger partial charge is 0.330 e. The lowest BCUT2D eigenvalue weighted by Crippen LogP contribution is -2.60. The van der Waals surface area contributed by atoms with Crippen LogP contribution in [0.2, 0.25) is 0 Å². The molecule has 3 aliphatic heterocycles. The highest BCUT2D eigenvalue weighted by molar-refractivity contribution is 5.89. The second-order valence-electron chi connectivity index (χ2n) is 16.1. The van der Waals surface area contributed by atoms with Gasteiger partial charge in [-0.2, -0.15) is 0 Å². The van der Waals surface area contributed by atoms with Crippen molar-refractivity contribution in [1.29, 1.82) is 0 Å². The summed E-state index contributed by atoms with van der Waals surface area (Å²) in [6.07, 6.45) is -26.1. The van der Waals surface area contributed by atoms with E-state index in [0.29, 0.717) is 5.56 Å². The van der Waals surface area contributed by atoms with Crippen molar-refractivity contribution in [3.63, 3.8) is 0 Å². The van der Waals surface area contributed by atoms with Crippen molar-refractivity contribution in [3.05, 3.63) is 64.3 Å². The van der Waals surface area contributed by atoms with Crippen molar-refractivity contribution in [3.8, 4) is 57.3 Å². The van der Waals surface area contributed by atoms with Crippen LogP contribution < -0.4 is 29.1 Å². The van der Waals surface area contributed by atoms with Crippen LogP contribution in [0.25, 0.3) is 28.4 Å². The average molecular weight is 995 g/mol. The van der Waals surface area contributed by atoms with E-state index < -0.39 is 169 Å². The fraction of sp³-hybridized carbons (Fsp3) is 0.455. The van der Waals surface area contributed by atoms with Crippen molar-refractivity contribution >= 4 is 23.0 Å². The molecule has 15 atom stereocenters. The van der Waals surface area contributed by atoms with Crippen LogP contribution >= 0.6 is 0 Å². The molecule has 0 aliphatic carbocycles. The molecule has 1 aromatic heterocycles. The fourth-order valence-corrected chi connectivity index (χ4v) is 7.64. The molecule has 0 radical (unpaired) electrons. The van der Waals surface area contributed by atoms with E-state index in [1.807, 2.05) is 0 Å². The van der Waals surface area contributed by atoms with Crippen LogP contribution in [0.3, 0.4) is 0 Å². The normalized spacial score (nSPS) is 31.3. The van der Waals surface area contributed by atoms with E-state index >= 15 is 0 Å². The van der Waals surface area contributed by atoms with Crippen LogP contribution in [-0.2, 0) is 23.7 Å². The molecule has 3 fully saturated rings. The van der Waals surface area contributed by atoms with Gasteiger partial charge in [0.05, 0.1) is 27.4 Å². The van der Waals surface area contributed by atoms with Gasteiger partial charge in [-0.05, 0) is 42.0 Å². The van der Waals surface area contributed by atoms with Crippen molar-refractivity contribution in [2.45, 2.75) is 92.1 Å². The maximum absolute atomic E-state index is 14.2. The van der Waals surface area contributed by atoms with Crippen molar-refractivity contribution in [2.75, 3.05) is 34.0 Å². The van der Waals surface area contributed by atoms with Crippen LogP contribution in [0.4, 0.5) is 0 Å². The van der Waals surface area contributed by atoms with Crippen LogP contribution in [0.15, 0.2) is 57.8 Å². The first-order chi connectivity index (χ1) is 33.3. The number of esters is 1. The number of phenolic OH excluding ortho intramolecular Hbond substituents is 3. The van der Waals surface area contributed by atoms with Gasteiger partial charge in [-0.3, -0.25) is 4.79 Å². The van der Waals surface area contributed by atoms with Gasteiger partial charge < -0.3 is 119 Å². The topological polar surface area (TPSA) is 414 Å². The first kappa shape index (κ1) is 51.8. The minimum Gasteiger partial charge on any atom is -0.508 e. The van der Waals surface area contributed by atoms with Gasteiger partial charge >= 0.3 is 5.97 Å². The molecule has 4 heterocycles. The number of aromatic hydroxyl groups is 3. The predicted molar refractivity (Wildman–Crippen MR) is 229 cm³/mol. The van der Waals surface area contributed by atoms with E-state index in [1.165, 1.54) is 32.4 Å². The zero-order chi connectivity index (χ0) is 50.9. The van der Waals surface area contributed by atoms with Crippen LogP contribution in [0.5, 0.6) is 46.0 Å². The van der Waals surface area contributed by atoms with Crippen LogP contribution in [0, 0.1) is 0 Å². The van der Waals surface area contributed by atoms with Crippen LogP contribution in [0.1, 0.15) is 5.56 Å². The van der Waals surface area contributed by atoms with Crippen molar-refractivity contribution in [2.24, 2.45) is 0 Å². The van der Waals surface area contributed by atoms with Crippen molar-refractivity contribution < 1.29 is 123 Å². The Labute approximate surface area is 393 Å². The maximum atomic E-state index is 14.2. The number of fused-ring (bicyclic) bond motifs is 1. The first-order valence-electron chi connectivity index (χ1n) is 21.1. The zero-order valence-corrected chi connectivity index (χ0v) is 36.6. The molecule has 4 aromatic rings. The number of hydrogen-bond donors (Lipinski definition) is 14. The summed E-state index contributed by atoms with van der Waals surface area (Å²) in [5.41, 5.74) is -1.56. The Hall–Kier alpha value is -6.08. The molecule has 3 aliphatic rings. The summed E-state index contributed by atoms with van der Waals surface area (Å²) in [6.45, 7) is -2.53. The van der Waals surface area contributed by atoms with Gasteiger partial charge in [0, 0.05) is 23.8 Å². The number of rotatable bonds is 15. The second kappa shape index (κ2) is 21.5. The minimum atomic E-state index is -2.11. The molecule has 14 N–H and O–H groups in total. The SMILES string of the molecule is COc1cc(/C=C/C(=O)OC[C@H]2O[C@@H](Oc3cc(-c4oc5cc(O)cc(O)c5c(=O)c4O[C@@H]4O[C@H](CO)[C@@H](O)[C@H](O)[C@H]4O)ccc3O[C@@H]3O[C@H](CO)[C@@H](O)[C@H](O)[C@H]3O)[C@H](O)[C@@H](O)[C@@H]2O)cc(OC)c1O. The quantitative estimate of drug-likeness (QED) is 0.0404. The Balaban J connectivity index is 1.25. The highest BCUT2D eigenvalue weighted by atomic mass is 16.7. The summed E-state index contributed by atoms with van der Waals surface area (Å²) in [5, 5.41) is 147. The number of benzene rings is 3. The standard InChI is InChI=1S/C44H50O26/c1-61-22-7-15(8-23(62-2)29(22)50)3-6-27(49)63-14-26-32(53)36(57)38(59)43(69-26)66-20-9-16(4-5-19(20)65-42-37(58)34(55)30(51)24(12-45)67-42)40-41(33(54)28-18(48)10-17(47)11-21(28)64-40)70-44-39(60)35(56)31(52)25(13-46)68-44/h3-11,24-26,30-32,34-39,42-48,50-53,55-60H,12-14H2,1-2H3/b6-3+/t24-,25-,26-,30-,31-,32-,34+,35+,36+,37-,38-,39-,42-,43-,44+/m1/s1. The minimum absolute atomic E-state index is 0.0289. The average Bonchev–Trinajstić information content (AvgIpc) is 3.34. The Morgan fingerprint density at radius 1 is 0.614 bits per heavy atom. The summed E-state index contributed by atoms with van der Waals surface area (Å²) in [6, 6.07) is 7.73. The Morgan fingerprint density at radius 3 is 1.67 bits per heavy atom. The molecule has 7 rings (SSSR count). The Bertz CT molecular complexity index is 2550. The second-order valence-corrected chi connectivity index (χ2v) is 16.1. The van der Waals surface area contributed by atoms with E-state index in [-0.39, 0.29) is 22.8 Å². The number of hydrogen-bond acceptors (Lipinski definition) is 26. The van der Waals surface area contributed by atoms with E-state index in [4.69, 9.17) is 47.0 Å². The highest BCUT2D eigenvalue weighted by Crippen LogP contribution is 2.42. The lowest BCUT2D eigenvalue weighted by atomic mass is 9.99. The molecule has 0 saturated carbocycles. The predicted octanol–water partition coefficient (Wildman–Crippen LogP) is -3.61. The third kappa shape index (κ3) is 10.4. The lowest BCUT2D eigenvalue weighted by Gasteiger charge is -2.41. The summed E-state index contributed by atoms with van der Waals surface area (Å²) >= 11 is 0. The summed E-state index contributed by atoms with van der Waals surface area (Å²) in [7, 11) is 2.59. The number of carbonyl (C=O) groups is 1. The van der Waals surface area contributed by atoms with Gasteiger partial charge in [0.25, 0.3) is 0 Å². The van der Waals surface area contributed by atoms with E-state index in [2.05, 4.69) is 0 Å². The fourth-order valence-electron chi connectivity index (χ4n) is 7.64. The number of methoxy groups -OCH3 is 2. The van der Waals surface area contributed by atoms with Gasteiger partial charge in [-0.15, -0.1) is 0 Å². The number of phenols is 3. The van der Waals surface area contributed by atoms with E-state index in [9.17, 15) is 81.1 Å². The van der Waals surface area contributed by atoms with Gasteiger partial charge in [0.1, 0.15) is 102 Å². The number of carbonyl (C=O) groups excluding carboxylic acids is 1. The third-order valence-electron chi connectivity index (χ3n) is 11.5. The van der Waals surface area contributed by atoms with Gasteiger partial charge in [-0.25, -0.2) is 4.79 Å². The summed E-state index contributed by atoms with van der Waals surface area (Å²) in [4.78, 5) is 27.0. The lowest BCUT2D eigenvalue weighted by molar-refractivity contribution is -0.282. The van der Waals surface area contributed by atoms with Crippen LogP contribution in [-0.4, -0.2) is 204 Å². The molecular formula is C44H50O26. The largest absolute Gasteiger partial charge is 0.508 e. The maximum Gasteiger partial charge on any atom is 0.330 e. The van der Waals surface area contributed by atoms with Gasteiger partial charge in [0.2, 0.25) is 35.8 Å². The highest BCUT2D eigenvalue weighted by Gasteiger charge is 2.48. The number of aliphatic hydroxyl groups is 11. The molecule has 382 valence electrons. The van der Waals surface area contributed by atoms with Crippen molar-refractivity contribution in [1.82, 2.24) is 0 Å². The van der Waals surface area contributed by atoms with E-state index in [0.717, 1.165) is 36.4 Å². The molecule has 0 amide bonds. The summed E-state index contributed by atoms with van der Waals surface area (Å²) in [5.74, 6) is -5.11. The molecule has 3 aromatic carbocycles.